The molecule has 0 aliphatic carbocycles. The van der Waals surface area contributed by atoms with Gasteiger partial charge in [-0.15, -0.1) is 0 Å². The lowest BCUT2D eigenvalue weighted by Gasteiger charge is -2.16. The summed E-state index contributed by atoms with van der Waals surface area (Å²) in [6, 6.07) is 6.50. The molecule has 2 rings (SSSR count). The van der Waals surface area contributed by atoms with Gasteiger partial charge in [0.2, 0.25) is 11.9 Å². The number of benzene rings is 1. The fraction of sp³-hybridized carbons (Fsp3) is 0.421. The van der Waals surface area contributed by atoms with Crippen molar-refractivity contribution < 1.29 is 23.8 Å². The van der Waals surface area contributed by atoms with Gasteiger partial charge in [0, 0.05) is 20.1 Å². The van der Waals surface area contributed by atoms with Crippen molar-refractivity contribution in [1.82, 2.24) is 15.0 Å². The molecule has 1 N–H and O–H groups in total. The van der Waals surface area contributed by atoms with E-state index < -0.39 is 18.5 Å². The summed E-state index contributed by atoms with van der Waals surface area (Å²) in [5, 5.41) is 3.20. The normalized spacial score (nSPS) is 11.3. The molecule has 0 saturated carbocycles. The van der Waals surface area contributed by atoms with Crippen LogP contribution in [-0.2, 0) is 14.3 Å². The Morgan fingerprint density at radius 3 is 2.41 bits per heavy atom. The molecule has 0 fully saturated rings. The minimum Gasteiger partial charge on any atom is -0.466 e. The van der Waals surface area contributed by atoms with Crippen molar-refractivity contribution in [2.24, 2.45) is 0 Å². The average Bonchev–Trinajstić information content (AvgIpc) is 2.71. The SMILES string of the molecule is CC[C@@H](C)Nc1nc(Oc2ccc(C(=O)OCC(=O)OC)cc2)nc(N(C)C)n1. The van der Waals surface area contributed by atoms with E-state index in [0.29, 0.717) is 17.6 Å². The van der Waals surface area contributed by atoms with Crippen LogP contribution in [0.4, 0.5) is 11.9 Å². The van der Waals surface area contributed by atoms with E-state index in [1.165, 1.54) is 19.2 Å². The summed E-state index contributed by atoms with van der Waals surface area (Å²) >= 11 is 0. The smallest absolute Gasteiger partial charge is 0.344 e. The predicted molar refractivity (Wildman–Crippen MR) is 106 cm³/mol. The molecular formula is C19H25N5O5. The van der Waals surface area contributed by atoms with Gasteiger partial charge in [0.25, 0.3) is 0 Å². The summed E-state index contributed by atoms with van der Waals surface area (Å²) in [4.78, 5) is 37.6. The highest BCUT2D eigenvalue weighted by Crippen LogP contribution is 2.22. The molecular weight excluding hydrogens is 378 g/mol. The molecule has 10 heteroatoms. The number of carbonyl (C=O) groups excluding carboxylic acids is 2. The minimum atomic E-state index is -0.642. The number of methoxy groups -OCH3 is 1. The maximum absolute atomic E-state index is 11.9. The second-order valence-electron chi connectivity index (χ2n) is 6.37. The largest absolute Gasteiger partial charge is 0.466 e. The summed E-state index contributed by atoms with van der Waals surface area (Å²) in [6.45, 7) is 3.64. The van der Waals surface area contributed by atoms with E-state index >= 15 is 0 Å². The van der Waals surface area contributed by atoms with Crippen molar-refractivity contribution in [3.8, 4) is 11.8 Å². The average molecular weight is 403 g/mol. The van der Waals surface area contributed by atoms with Crippen LogP contribution in [0, 0.1) is 0 Å². The number of rotatable bonds is 9. The number of nitrogens with one attached hydrogen (secondary N) is 1. The number of esters is 2. The Balaban J connectivity index is 2.12. The molecule has 1 aromatic carbocycles. The Bertz CT molecular complexity index is 841. The molecule has 0 spiro atoms. The van der Waals surface area contributed by atoms with E-state index in [9.17, 15) is 9.59 Å². The summed E-state index contributed by atoms with van der Waals surface area (Å²) in [5.74, 6) is 0.0171. The molecule has 1 atom stereocenters. The molecule has 0 amide bonds. The van der Waals surface area contributed by atoms with E-state index in [2.05, 4.69) is 31.9 Å². The van der Waals surface area contributed by atoms with Crippen molar-refractivity contribution in [3.63, 3.8) is 0 Å². The lowest BCUT2D eigenvalue weighted by atomic mass is 10.2. The van der Waals surface area contributed by atoms with E-state index in [-0.39, 0.29) is 17.6 Å². The third kappa shape index (κ3) is 6.59. The van der Waals surface area contributed by atoms with Crippen LogP contribution < -0.4 is 15.0 Å². The molecule has 29 heavy (non-hydrogen) atoms. The molecule has 0 radical (unpaired) electrons. The Morgan fingerprint density at radius 2 is 1.83 bits per heavy atom. The van der Waals surface area contributed by atoms with Crippen LogP contribution in [0.5, 0.6) is 11.8 Å². The van der Waals surface area contributed by atoms with Gasteiger partial charge in [-0.2, -0.15) is 15.0 Å². The quantitative estimate of drug-likeness (QED) is 0.625. The lowest BCUT2D eigenvalue weighted by Crippen LogP contribution is -2.19. The number of ether oxygens (including phenoxy) is 3. The number of aromatic nitrogens is 3. The zero-order valence-electron chi connectivity index (χ0n) is 17.1. The van der Waals surface area contributed by atoms with E-state index in [0.717, 1.165) is 6.42 Å². The van der Waals surface area contributed by atoms with Gasteiger partial charge in [0.1, 0.15) is 5.75 Å². The summed E-state index contributed by atoms with van der Waals surface area (Å²) in [6.07, 6.45) is 0.909. The first-order chi connectivity index (χ1) is 13.8. The first-order valence-corrected chi connectivity index (χ1v) is 9.04. The van der Waals surface area contributed by atoms with E-state index in [1.807, 2.05) is 21.0 Å². The van der Waals surface area contributed by atoms with Crippen LogP contribution in [0.2, 0.25) is 0 Å². The highest BCUT2D eigenvalue weighted by molar-refractivity contribution is 5.90. The third-order valence-corrected chi connectivity index (χ3v) is 3.84. The lowest BCUT2D eigenvalue weighted by molar-refractivity contribution is -0.144. The van der Waals surface area contributed by atoms with Crippen LogP contribution >= 0.6 is 0 Å². The zero-order chi connectivity index (χ0) is 21.4. The number of hydrogen-bond acceptors (Lipinski definition) is 10. The monoisotopic (exact) mass is 403 g/mol. The van der Waals surface area contributed by atoms with E-state index in [4.69, 9.17) is 9.47 Å². The topological polar surface area (TPSA) is 116 Å². The molecule has 0 unspecified atom stereocenters. The molecule has 2 aromatic rings. The number of anilines is 2. The fourth-order valence-corrected chi connectivity index (χ4v) is 2.01. The Morgan fingerprint density at radius 1 is 1.14 bits per heavy atom. The maximum Gasteiger partial charge on any atom is 0.344 e. The van der Waals surface area contributed by atoms with Gasteiger partial charge in [-0.1, -0.05) is 6.92 Å². The van der Waals surface area contributed by atoms with Crippen LogP contribution in [0.3, 0.4) is 0 Å². The number of nitrogens with zero attached hydrogens (tertiary/aromatic N) is 4. The van der Waals surface area contributed by atoms with Crippen LogP contribution in [-0.4, -0.2) is 60.7 Å². The standard InChI is InChI=1S/C19H25N5O5/c1-6-12(2)20-17-21-18(24(3)4)23-19(22-17)29-14-9-7-13(8-10-14)16(26)28-11-15(25)27-5/h7-10,12H,6,11H2,1-5H3,(H,20,21,22,23)/t12-/m1/s1. The van der Waals surface area contributed by atoms with Crippen LogP contribution in [0.15, 0.2) is 24.3 Å². The van der Waals surface area contributed by atoms with Gasteiger partial charge in [0.15, 0.2) is 6.61 Å². The summed E-state index contributed by atoms with van der Waals surface area (Å²) < 4.78 is 15.0. The second-order valence-corrected chi connectivity index (χ2v) is 6.37. The highest BCUT2D eigenvalue weighted by atomic mass is 16.6. The molecule has 0 saturated heterocycles. The molecule has 1 heterocycles. The van der Waals surface area contributed by atoms with Gasteiger partial charge >= 0.3 is 17.9 Å². The molecule has 1 aromatic heterocycles. The molecule has 10 nitrogen and oxygen atoms in total. The van der Waals surface area contributed by atoms with Crippen LogP contribution in [0.1, 0.15) is 30.6 Å². The van der Waals surface area contributed by atoms with Gasteiger partial charge < -0.3 is 24.4 Å². The number of carbonyl (C=O) groups is 2. The number of hydrogen-bond donors (Lipinski definition) is 1. The van der Waals surface area contributed by atoms with Crippen molar-refractivity contribution in [1.29, 1.82) is 0 Å². The first-order valence-electron chi connectivity index (χ1n) is 9.04. The maximum atomic E-state index is 11.9. The van der Waals surface area contributed by atoms with Crippen molar-refractivity contribution >= 4 is 23.8 Å². The van der Waals surface area contributed by atoms with Gasteiger partial charge in [-0.3, -0.25) is 0 Å². The molecule has 156 valence electrons. The van der Waals surface area contributed by atoms with Crippen LogP contribution in [0.25, 0.3) is 0 Å². The molecule has 0 bridgehead atoms. The zero-order valence-corrected chi connectivity index (χ0v) is 17.1. The van der Waals surface area contributed by atoms with Gasteiger partial charge in [-0.25, -0.2) is 9.59 Å². The molecule has 0 aliphatic heterocycles. The highest BCUT2D eigenvalue weighted by Gasteiger charge is 2.13. The third-order valence-electron chi connectivity index (χ3n) is 3.84. The second kappa shape index (κ2) is 10.2. The Hall–Kier alpha value is -3.43. The van der Waals surface area contributed by atoms with Crippen molar-refractivity contribution in [2.45, 2.75) is 26.3 Å². The summed E-state index contributed by atoms with van der Waals surface area (Å²) in [5.41, 5.74) is 0.269. The van der Waals surface area contributed by atoms with Crippen molar-refractivity contribution in [2.75, 3.05) is 38.0 Å². The van der Waals surface area contributed by atoms with Crippen molar-refractivity contribution in [3.05, 3.63) is 29.8 Å². The molecule has 0 aliphatic rings. The summed E-state index contributed by atoms with van der Waals surface area (Å²) in [7, 11) is 4.86. The fourth-order valence-electron chi connectivity index (χ4n) is 2.01. The van der Waals surface area contributed by atoms with Gasteiger partial charge in [-0.05, 0) is 37.6 Å². The minimum absolute atomic E-state index is 0.121. The Kier molecular flexibility index (Phi) is 7.70. The van der Waals surface area contributed by atoms with E-state index in [1.54, 1.807) is 17.0 Å². The Labute approximate surface area is 169 Å². The predicted octanol–water partition coefficient (Wildman–Crippen LogP) is 2.27. The van der Waals surface area contributed by atoms with Gasteiger partial charge in [0.05, 0.1) is 12.7 Å². The first kappa shape index (κ1) is 21.9.